The minimum atomic E-state index is -0.827. The molecule has 2 saturated heterocycles. The van der Waals surface area contributed by atoms with E-state index in [1.54, 1.807) is 49.5 Å². The molecule has 2 aromatic rings. The van der Waals surface area contributed by atoms with E-state index in [0.717, 1.165) is 0 Å². The lowest BCUT2D eigenvalue weighted by atomic mass is 9.77. The van der Waals surface area contributed by atoms with Crippen molar-refractivity contribution >= 4 is 23.2 Å². The standard InChI is InChI=1S/C24H22N2O7/c1-29-15-7-13(8-16(10-15)30-2)25-22(27)20-18-5-6-24(33-18)11-26(23(28)21(20)24)14-3-4-17-19(9-14)32-12-31-17/h3-10,18,20-21H,11-12H2,1-2H3,(H,25,27)/t18-,20-,21-,24+/m1/s1. The minimum Gasteiger partial charge on any atom is -0.497 e. The molecule has 0 radical (unpaired) electrons. The van der Waals surface area contributed by atoms with Crippen LogP contribution in [0.4, 0.5) is 11.4 Å². The van der Waals surface area contributed by atoms with Gasteiger partial charge in [-0.05, 0) is 12.1 Å². The molecule has 2 amide bonds. The molecule has 4 aliphatic rings. The maximum Gasteiger partial charge on any atom is 0.234 e. The number of nitrogens with zero attached hydrogens (tertiary/aromatic N) is 1. The summed E-state index contributed by atoms with van der Waals surface area (Å²) in [6.07, 6.45) is 3.35. The molecule has 170 valence electrons. The van der Waals surface area contributed by atoms with Crippen LogP contribution in [0, 0.1) is 11.8 Å². The van der Waals surface area contributed by atoms with Crippen LogP contribution in [0.3, 0.4) is 0 Å². The third kappa shape index (κ3) is 2.96. The second-order valence-corrected chi connectivity index (χ2v) is 8.45. The summed E-state index contributed by atoms with van der Waals surface area (Å²) in [4.78, 5) is 28.6. The Morgan fingerprint density at radius 1 is 1.09 bits per heavy atom. The van der Waals surface area contributed by atoms with Gasteiger partial charge in [-0.1, -0.05) is 12.2 Å². The fourth-order valence-electron chi connectivity index (χ4n) is 5.17. The van der Waals surface area contributed by atoms with Crippen LogP contribution in [0.25, 0.3) is 0 Å². The van der Waals surface area contributed by atoms with Crippen molar-refractivity contribution in [2.24, 2.45) is 11.8 Å². The Hall–Kier alpha value is -3.72. The Bertz CT molecular complexity index is 1170. The van der Waals surface area contributed by atoms with Crippen molar-refractivity contribution in [2.75, 3.05) is 37.8 Å². The van der Waals surface area contributed by atoms with Crippen LogP contribution >= 0.6 is 0 Å². The lowest BCUT2D eigenvalue weighted by Gasteiger charge is -2.23. The quantitative estimate of drug-likeness (QED) is 0.699. The zero-order valence-electron chi connectivity index (χ0n) is 18.1. The van der Waals surface area contributed by atoms with E-state index in [-0.39, 0.29) is 18.6 Å². The smallest absolute Gasteiger partial charge is 0.234 e. The number of hydrogen-bond acceptors (Lipinski definition) is 7. The predicted molar refractivity (Wildman–Crippen MR) is 117 cm³/mol. The number of methoxy groups -OCH3 is 2. The molecule has 4 heterocycles. The molecule has 2 bridgehead atoms. The van der Waals surface area contributed by atoms with Crippen molar-refractivity contribution < 1.29 is 33.3 Å². The summed E-state index contributed by atoms with van der Waals surface area (Å²) >= 11 is 0. The van der Waals surface area contributed by atoms with Crippen molar-refractivity contribution in [3.8, 4) is 23.0 Å². The third-order valence-electron chi connectivity index (χ3n) is 6.69. The fraction of sp³-hybridized carbons (Fsp3) is 0.333. The summed E-state index contributed by atoms with van der Waals surface area (Å²) in [6, 6.07) is 10.5. The van der Waals surface area contributed by atoms with Crippen LogP contribution in [-0.2, 0) is 14.3 Å². The average molecular weight is 450 g/mol. The molecule has 9 nitrogen and oxygen atoms in total. The van der Waals surface area contributed by atoms with Gasteiger partial charge in [-0.25, -0.2) is 0 Å². The minimum absolute atomic E-state index is 0.149. The van der Waals surface area contributed by atoms with E-state index in [4.69, 9.17) is 23.7 Å². The van der Waals surface area contributed by atoms with Crippen LogP contribution in [0.1, 0.15) is 0 Å². The molecular formula is C24H22N2O7. The second-order valence-electron chi connectivity index (χ2n) is 8.45. The van der Waals surface area contributed by atoms with Crippen molar-refractivity contribution in [3.63, 3.8) is 0 Å². The molecule has 9 heteroatoms. The molecule has 0 aromatic heterocycles. The molecule has 0 saturated carbocycles. The number of rotatable bonds is 5. The third-order valence-corrected chi connectivity index (χ3v) is 6.69. The molecule has 1 spiro atoms. The van der Waals surface area contributed by atoms with Crippen LogP contribution in [0.5, 0.6) is 23.0 Å². The Labute approximate surface area is 189 Å². The number of fused-ring (bicyclic) bond motifs is 2. The highest BCUT2D eigenvalue weighted by Crippen LogP contribution is 2.53. The first kappa shape index (κ1) is 19.9. The first-order valence-electron chi connectivity index (χ1n) is 10.6. The molecule has 4 atom stereocenters. The summed E-state index contributed by atoms with van der Waals surface area (Å²) in [6.45, 7) is 0.490. The highest BCUT2D eigenvalue weighted by Gasteiger charge is 2.67. The number of hydrogen-bond donors (Lipinski definition) is 1. The van der Waals surface area contributed by atoms with Crippen LogP contribution < -0.4 is 29.2 Å². The van der Waals surface area contributed by atoms with E-state index < -0.39 is 23.5 Å². The van der Waals surface area contributed by atoms with Crippen molar-refractivity contribution in [2.45, 2.75) is 11.7 Å². The summed E-state index contributed by atoms with van der Waals surface area (Å²) in [7, 11) is 3.08. The van der Waals surface area contributed by atoms with Gasteiger partial charge in [0, 0.05) is 35.6 Å². The topological polar surface area (TPSA) is 95.6 Å². The van der Waals surface area contributed by atoms with Gasteiger partial charge in [-0.3, -0.25) is 9.59 Å². The molecule has 4 aliphatic heterocycles. The summed E-state index contributed by atoms with van der Waals surface area (Å²) < 4.78 is 27.6. The largest absolute Gasteiger partial charge is 0.497 e. The van der Waals surface area contributed by atoms with Crippen LogP contribution in [-0.4, -0.2) is 51.1 Å². The van der Waals surface area contributed by atoms with Crippen LogP contribution in [0.2, 0.25) is 0 Å². The maximum absolute atomic E-state index is 13.6. The van der Waals surface area contributed by atoms with Gasteiger partial charge >= 0.3 is 0 Å². The van der Waals surface area contributed by atoms with E-state index in [2.05, 4.69) is 5.32 Å². The number of nitrogens with one attached hydrogen (secondary N) is 1. The van der Waals surface area contributed by atoms with Gasteiger partial charge in [-0.15, -0.1) is 0 Å². The van der Waals surface area contributed by atoms with E-state index in [9.17, 15) is 9.59 Å². The zero-order valence-corrected chi connectivity index (χ0v) is 18.1. The Balaban J connectivity index is 1.28. The molecule has 0 aliphatic carbocycles. The second kappa shape index (κ2) is 7.14. The van der Waals surface area contributed by atoms with Gasteiger partial charge < -0.3 is 33.9 Å². The highest BCUT2D eigenvalue weighted by molar-refractivity contribution is 6.05. The Kier molecular flexibility index (Phi) is 4.31. The zero-order chi connectivity index (χ0) is 22.7. The number of benzene rings is 2. The van der Waals surface area contributed by atoms with Gasteiger partial charge in [0.1, 0.15) is 17.1 Å². The van der Waals surface area contributed by atoms with Gasteiger partial charge in [0.25, 0.3) is 0 Å². The number of amides is 2. The summed E-state index contributed by atoms with van der Waals surface area (Å²) in [5.74, 6) is 0.636. The molecular weight excluding hydrogens is 428 g/mol. The normalized spacial score (nSPS) is 28.2. The Morgan fingerprint density at radius 2 is 1.85 bits per heavy atom. The monoisotopic (exact) mass is 450 g/mol. The number of ether oxygens (including phenoxy) is 5. The summed E-state index contributed by atoms with van der Waals surface area (Å²) in [5, 5.41) is 2.92. The Morgan fingerprint density at radius 3 is 2.61 bits per heavy atom. The molecule has 2 aromatic carbocycles. The van der Waals surface area contributed by atoms with E-state index in [1.165, 1.54) is 0 Å². The molecule has 2 fully saturated rings. The molecule has 6 rings (SSSR count). The fourth-order valence-corrected chi connectivity index (χ4v) is 5.17. The number of carbonyl (C=O) groups excluding carboxylic acids is 2. The summed E-state index contributed by atoms with van der Waals surface area (Å²) in [5.41, 5.74) is 0.381. The highest BCUT2D eigenvalue weighted by atomic mass is 16.7. The SMILES string of the molecule is COc1cc(NC(=O)[C@@H]2[C@H]3C=C[C@@]4(CN(c5ccc6c(c5)OCO6)C(=O)[C@@H]24)O3)cc(OC)c1. The first-order chi connectivity index (χ1) is 16.0. The lowest BCUT2D eigenvalue weighted by molar-refractivity contribution is -0.128. The lowest BCUT2D eigenvalue weighted by Crippen LogP contribution is -2.41. The van der Waals surface area contributed by atoms with E-state index in [1.807, 2.05) is 18.2 Å². The van der Waals surface area contributed by atoms with E-state index in [0.29, 0.717) is 40.9 Å². The van der Waals surface area contributed by atoms with Crippen molar-refractivity contribution in [1.82, 2.24) is 0 Å². The molecule has 33 heavy (non-hydrogen) atoms. The van der Waals surface area contributed by atoms with Crippen LogP contribution in [0.15, 0.2) is 48.6 Å². The van der Waals surface area contributed by atoms with Gasteiger partial charge in [0.05, 0.1) is 38.7 Å². The number of anilines is 2. The molecule has 1 N–H and O–H groups in total. The number of carbonyl (C=O) groups is 2. The van der Waals surface area contributed by atoms with Gasteiger partial charge in [0.2, 0.25) is 18.6 Å². The van der Waals surface area contributed by atoms with E-state index >= 15 is 0 Å². The van der Waals surface area contributed by atoms with Gasteiger partial charge in [0.15, 0.2) is 11.5 Å². The van der Waals surface area contributed by atoms with Gasteiger partial charge in [-0.2, -0.15) is 0 Å². The maximum atomic E-state index is 13.6. The predicted octanol–water partition coefficient (Wildman–Crippen LogP) is 2.36. The van der Waals surface area contributed by atoms with Crippen molar-refractivity contribution in [1.29, 1.82) is 0 Å². The first-order valence-corrected chi connectivity index (χ1v) is 10.6. The van der Waals surface area contributed by atoms with Crippen molar-refractivity contribution in [3.05, 3.63) is 48.6 Å². The average Bonchev–Trinajstić information content (AvgIpc) is 3.58. The molecule has 0 unspecified atom stereocenters.